The van der Waals surface area contributed by atoms with E-state index < -0.39 is 6.04 Å². The second kappa shape index (κ2) is 11.3. The predicted molar refractivity (Wildman–Crippen MR) is 111 cm³/mol. The molecule has 0 saturated heterocycles. The number of carbonyl (C=O) groups is 2. The van der Waals surface area contributed by atoms with Gasteiger partial charge < -0.3 is 15.0 Å². The van der Waals surface area contributed by atoms with Crippen LogP contribution in [0.3, 0.4) is 0 Å². The van der Waals surface area contributed by atoms with E-state index in [1.165, 1.54) is 0 Å². The van der Waals surface area contributed by atoms with E-state index in [0.717, 1.165) is 18.4 Å². The maximum atomic E-state index is 12.9. The van der Waals surface area contributed by atoms with Crippen LogP contribution in [0.4, 0.5) is 0 Å². The number of halogens is 1. The van der Waals surface area contributed by atoms with Gasteiger partial charge in [0.05, 0.1) is 0 Å². The Morgan fingerprint density at radius 3 is 2.43 bits per heavy atom. The van der Waals surface area contributed by atoms with Crippen molar-refractivity contribution in [2.75, 3.05) is 13.2 Å². The number of carbonyl (C=O) groups excluding carboxylic acids is 2. The Bertz CT molecular complexity index is 750. The molecule has 2 aromatic rings. The van der Waals surface area contributed by atoms with E-state index in [1.54, 1.807) is 36.1 Å². The largest absolute Gasteiger partial charge is 0.484 e. The van der Waals surface area contributed by atoms with Crippen molar-refractivity contribution in [2.24, 2.45) is 0 Å². The third-order valence-corrected chi connectivity index (χ3v) is 4.62. The number of benzene rings is 2. The normalized spacial score (nSPS) is 11.5. The summed E-state index contributed by atoms with van der Waals surface area (Å²) in [6, 6.07) is 15.8. The van der Waals surface area contributed by atoms with Gasteiger partial charge in [-0.15, -0.1) is 0 Å². The molecule has 0 fully saturated rings. The average Bonchev–Trinajstić information content (AvgIpc) is 2.71. The third-order valence-electron chi connectivity index (χ3n) is 4.37. The van der Waals surface area contributed by atoms with Crippen LogP contribution in [-0.2, 0) is 16.1 Å². The van der Waals surface area contributed by atoms with E-state index in [1.807, 2.05) is 30.3 Å². The number of unbranched alkanes of at least 4 members (excludes halogenated alkanes) is 1. The van der Waals surface area contributed by atoms with Crippen LogP contribution in [0.5, 0.6) is 5.75 Å². The molecular formula is C22H27ClN2O3. The summed E-state index contributed by atoms with van der Waals surface area (Å²) in [5.74, 6) is 0.138. The van der Waals surface area contributed by atoms with Gasteiger partial charge in [0, 0.05) is 18.1 Å². The van der Waals surface area contributed by atoms with Crippen molar-refractivity contribution in [3.63, 3.8) is 0 Å². The molecule has 2 amide bonds. The Labute approximate surface area is 171 Å². The summed E-state index contributed by atoms with van der Waals surface area (Å²) in [6.07, 6.45) is 1.90. The third kappa shape index (κ3) is 6.89. The highest BCUT2D eigenvalue weighted by molar-refractivity contribution is 6.30. The fraction of sp³-hybridized carbons (Fsp3) is 0.364. The molecular weight excluding hydrogens is 376 g/mol. The zero-order valence-corrected chi connectivity index (χ0v) is 17.1. The van der Waals surface area contributed by atoms with E-state index >= 15 is 0 Å². The lowest BCUT2D eigenvalue weighted by Crippen LogP contribution is -2.49. The van der Waals surface area contributed by atoms with Gasteiger partial charge in [0.1, 0.15) is 11.8 Å². The minimum atomic E-state index is -0.599. The quantitative estimate of drug-likeness (QED) is 0.610. The van der Waals surface area contributed by atoms with Crippen molar-refractivity contribution < 1.29 is 14.3 Å². The number of hydrogen-bond acceptors (Lipinski definition) is 3. The van der Waals surface area contributed by atoms with E-state index in [9.17, 15) is 9.59 Å². The van der Waals surface area contributed by atoms with Gasteiger partial charge in [0.25, 0.3) is 5.91 Å². The molecule has 28 heavy (non-hydrogen) atoms. The summed E-state index contributed by atoms with van der Waals surface area (Å²) in [5.41, 5.74) is 0.954. The zero-order valence-electron chi connectivity index (χ0n) is 16.4. The van der Waals surface area contributed by atoms with Crippen LogP contribution >= 0.6 is 11.6 Å². The van der Waals surface area contributed by atoms with E-state index in [-0.39, 0.29) is 18.4 Å². The van der Waals surface area contributed by atoms with Crippen LogP contribution in [0.25, 0.3) is 0 Å². The smallest absolute Gasteiger partial charge is 0.261 e. The first-order valence-electron chi connectivity index (χ1n) is 9.50. The van der Waals surface area contributed by atoms with Crippen LogP contribution in [0.15, 0.2) is 54.6 Å². The fourth-order valence-corrected chi connectivity index (χ4v) is 2.78. The van der Waals surface area contributed by atoms with Gasteiger partial charge in [0.15, 0.2) is 6.61 Å². The minimum absolute atomic E-state index is 0.152. The Morgan fingerprint density at radius 2 is 1.79 bits per heavy atom. The first-order valence-corrected chi connectivity index (χ1v) is 9.88. The molecule has 0 aromatic heterocycles. The molecule has 0 aliphatic heterocycles. The zero-order chi connectivity index (χ0) is 20.4. The molecule has 0 bridgehead atoms. The van der Waals surface area contributed by atoms with Crippen molar-refractivity contribution >= 4 is 23.4 Å². The number of rotatable bonds is 10. The number of nitrogens with zero attached hydrogens (tertiary/aromatic N) is 1. The van der Waals surface area contributed by atoms with Crippen molar-refractivity contribution in [1.82, 2.24) is 10.2 Å². The lowest BCUT2D eigenvalue weighted by Gasteiger charge is -2.28. The Balaban J connectivity index is 2.06. The first-order chi connectivity index (χ1) is 13.5. The van der Waals surface area contributed by atoms with E-state index in [4.69, 9.17) is 16.3 Å². The van der Waals surface area contributed by atoms with Gasteiger partial charge in [0.2, 0.25) is 5.91 Å². The van der Waals surface area contributed by atoms with Crippen LogP contribution in [-0.4, -0.2) is 35.9 Å². The van der Waals surface area contributed by atoms with Crippen molar-refractivity contribution in [3.8, 4) is 5.75 Å². The van der Waals surface area contributed by atoms with Crippen LogP contribution in [0.2, 0.25) is 5.02 Å². The lowest BCUT2D eigenvalue weighted by molar-refractivity contribution is -0.142. The molecule has 1 N–H and O–H groups in total. The minimum Gasteiger partial charge on any atom is -0.484 e. The van der Waals surface area contributed by atoms with Crippen molar-refractivity contribution in [3.05, 3.63) is 65.2 Å². The molecule has 2 aromatic carbocycles. The SMILES string of the molecule is CCCCNC(=O)[C@H](C)N(Cc1ccccc1)C(=O)COc1ccc(Cl)cc1. The topological polar surface area (TPSA) is 58.6 Å². The molecule has 5 nitrogen and oxygen atoms in total. The molecule has 0 aliphatic carbocycles. The van der Waals surface area contributed by atoms with Crippen LogP contribution in [0.1, 0.15) is 32.3 Å². The van der Waals surface area contributed by atoms with E-state index in [2.05, 4.69) is 12.2 Å². The summed E-state index contributed by atoms with van der Waals surface area (Å²) in [6.45, 7) is 4.60. The van der Waals surface area contributed by atoms with Gasteiger partial charge in [-0.05, 0) is 43.2 Å². The molecule has 150 valence electrons. The van der Waals surface area contributed by atoms with E-state index in [0.29, 0.717) is 23.9 Å². The Morgan fingerprint density at radius 1 is 1.11 bits per heavy atom. The van der Waals surface area contributed by atoms with Crippen molar-refractivity contribution in [1.29, 1.82) is 0 Å². The Kier molecular flexibility index (Phi) is 8.82. The monoisotopic (exact) mass is 402 g/mol. The summed E-state index contributed by atoms with van der Waals surface area (Å²) in [4.78, 5) is 26.9. The molecule has 1 atom stereocenters. The van der Waals surface area contributed by atoms with Crippen LogP contribution < -0.4 is 10.1 Å². The first kappa shape index (κ1) is 21.8. The summed E-state index contributed by atoms with van der Waals surface area (Å²) in [7, 11) is 0. The highest BCUT2D eigenvalue weighted by atomic mass is 35.5. The number of amides is 2. The van der Waals surface area contributed by atoms with Gasteiger partial charge >= 0.3 is 0 Å². The molecule has 0 radical (unpaired) electrons. The molecule has 0 unspecified atom stereocenters. The maximum absolute atomic E-state index is 12.9. The number of ether oxygens (including phenoxy) is 1. The van der Waals surface area contributed by atoms with Gasteiger partial charge in [-0.25, -0.2) is 0 Å². The molecule has 2 rings (SSSR count). The number of hydrogen-bond donors (Lipinski definition) is 1. The Hall–Kier alpha value is -2.53. The van der Waals surface area contributed by atoms with Crippen molar-refractivity contribution in [2.45, 2.75) is 39.3 Å². The van der Waals surface area contributed by atoms with Gasteiger partial charge in [-0.3, -0.25) is 9.59 Å². The molecule has 0 aliphatic rings. The average molecular weight is 403 g/mol. The molecule has 6 heteroatoms. The fourth-order valence-electron chi connectivity index (χ4n) is 2.66. The lowest BCUT2D eigenvalue weighted by atomic mass is 10.1. The molecule has 0 spiro atoms. The van der Waals surface area contributed by atoms with Gasteiger partial charge in [-0.1, -0.05) is 55.3 Å². The molecule has 0 saturated carbocycles. The standard InChI is InChI=1S/C22H27ClN2O3/c1-3-4-14-24-22(27)17(2)25(15-18-8-6-5-7-9-18)21(26)16-28-20-12-10-19(23)11-13-20/h5-13,17H,3-4,14-16H2,1-2H3,(H,24,27)/t17-/m0/s1. The summed E-state index contributed by atoms with van der Waals surface area (Å²) in [5, 5.41) is 3.50. The second-order valence-electron chi connectivity index (χ2n) is 6.57. The summed E-state index contributed by atoms with van der Waals surface area (Å²) < 4.78 is 5.59. The predicted octanol–water partition coefficient (Wildman–Crippen LogP) is 4.05. The van der Waals surface area contributed by atoms with Crippen LogP contribution in [0, 0.1) is 0 Å². The summed E-state index contributed by atoms with van der Waals surface area (Å²) >= 11 is 5.87. The second-order valence-corrected chi connectivity index (χ2v) is 7.01. The highest BCUT2D eigenvalue weighted by Crippen LogP contribution is 2.16. The van der Waals surface area contributed by atoms with Gasteiger partial charge in [-0.2, -0.15) is 0 Å². The highest BCUT2D eigenvalue weighted by Gasteiger charge is 2.26. The molecule has 0 heterocycles. The maximum Gasteiger partial charge on any atom is 0.261 e. The number of nitrogens with one attached hydrogen (secondary N) is 1.